The van der Waals surface area contributed by atoms with E-state index in [0.717, 1.165) is 0 Å². The molecule has 2 aromatic rings. The molecule has 6 heteroatoms. The van der Waals surface area contributed by atoms with Gasteiger partial charge in [0.2, 0.25) is 0 Å². The number of rotatable bonds is 5. The summed E-state index contributed by atoms with van der Waals surface area (Å²) in [7, 11) is 3.00. The van der Waals surface area contributed by atoms with E-state index in [4.69, 9.17) is 14.2 Å². The molecule has 0 aliphatic rings. The SMILES string of the molecule is CCOC(=O)Cn1ccc(=O)c2c(OC)ccc(OC)c21. The Morgan fingerprint density at radius 1 is 1.14 bits per heavy atom. The van der Waals surface area contributed by atoms with Crippen LogP contribution >= 0.6 is 0 Å². The van der Waals surface area contributed by atoms with Crippen LogP contribution < -0.4 is 14.9 Å². The van der Waals surface area contributed by atoms with Crippen molar-refractivity contribution in [2.45, 2.75) is 13.5 Å². The Labute approximate surface area is 121 Å². The summed E-state index contributed by atoms with van der Waals surface area (Å²) in [6.07, 6.45) is 1.55. The number of hydrogen-bond acceptors (Lipinski definition) is 5. The maximum absolute atomic E-state index is 12.1. The Morgan fingerprint density at radius 3 is 2.43 bits per heavy atom. The van der Waals surface area contributed by atoms with Gasteiger partial charge in [0.15, 0.2) is 5.43 Å². The number of benzene rings is 1. The van der Waals surface area contributed by atoms with Gasteiger partial charge in [-0.3, -0.25) is 9.59 Å². The van der Waals surface area contributed by atoms with E-state index in [0.29, 0.717) is 29.0 Å². The van der Waals surface area contributed by atoms with Gasteiger partial charge in [-0.25, -0.2) is 0 Å². The lowest BCUT2D eigenvalue weighted by molar-refractivity contribution is -0.143. The van der Waals surface area contributed by atoms with Crippen LogP contribution in [0.2, 0.25) is 0 Å². The normalized spacial score (nSPS) is 10.4. The highest BCUT2D eigenvalue weighted by atomic mass is 16.5. The second kappa shape index (κ2) is 6.30. The molecular weight excluding hydrogens is 274 g/mol. The molecule has 112 valence electrons. The molecule has 0 radical (unpaired) electrons. The third kappa shape index (κ3) is 2.84. The summed E-state index contributed by atoms with van der Waals surface area (Å²) in [6, 6.07) is 4.75. The van der Waals surface area contributed by atoms with E-state index in [2.05, 4.69) is 0 Å². The summed E-state index contributed by atoms with van der Waals surface area (Å²) >= 11 is 0. The Bertz CT molecular complexity index is 720. The van der Waals surface area contributed by atoms with E-state index in [9.17, 15) is 9.59 Å². The number of aromatic nitrogens is 1. The fraction of sp³-hybridized carbons (Fsp3) is 0.333. The summed E-state index contributed by atoms with van der Waals surface area (Å²) in [5.74, 6) is 0.550. The molecule has 0 amide bonds. The molecule has 1 heterocycles. The monoisotopic (exact) mass is 291 g/mol. The van der Waals surface area contributed by atoms with Crippen LogP contribution in [0.4, 0.5) is 0 Å². The largest absolute Gasteiger partial charge is 0.496 e. The molecule has 6 nitrogen and oxygen atoms in total. The van der Waals surface area contributed by atoms with Gasteiger partial charge in [-0.15, -0.1) is 0 Å². The van der Waals surface area contributed by atoms with Crippen LogP contribution in [0.5, 0.6) is 11.5 Å². The molecule has 21 heavy (non-hydrogen) atoms. The summed E-state index contributed by atoms with van der Waals surface area (Å²) in [5.41, 5.74) is 0.318. The van der Waals surface area contributed by atoms with Crippen molar-refractivity contribution in [3.8, 4) is 11.5 Å². The second-order valence-electron chi connectivity index (χ2n) is 4.31. The molecule has 0 saturated carbocycles. The lowest BCUT2D eigenvalue weighted by atomic mass is 10.1. The fourth-order valence-corrected chi connectivity index (χ4v) is 2.20. The third-order valence-corrected chi connectivity index (χ3v) is 3.09. The third-order valence-electron chi connectivity index (χ3n) is 3.09. The molecular formula is C15H17NO5. The number of pyridine rings is 1. The van der Waals surface area contributed by atoms with Crippen molar-refractivity contribution in [2.24, 2.45) is 0 Å². The van der Waals surface area contributed by atoms with Crippen molar-refractivity contribution in [2.75, 3.05) is 20.8 Å². The van der Waals surface area contributed by atoms with Crippen molar-refractivity contribution < 1.29 is 19.0 Å². The minimum atomic E-state index is -0.382. The van der Waals surface area contributed by atoms with Crippen LogP contribution in [0.1, 0.15) is 6.92 Å². The fourth-order valence-electron chi connectivity index (χ4n) is 2.20. The zero-order valence-electron chi connectivity index (χ0n) is 12.2. The molecule has 0 N–H and O–H groups in total. The number of esters is 1. The first-order chi connectivity index (χ1) is 10.1. The van der Waals surface area contributed by atoms with Gasteiger partial charge >= 0.3 is 5.97 Å². The second-order valence-corrected chi connectivity index (χ2v) is 4.31. The molecule has 0 aliphatic carbocycles. The van der Waals surface area contributed by atoms with Gasteiger partial charge in [-0.05, 0) is 19.1 Å². The Morgan fingerprint density at radius 2 is 1.81 bits per heavy atom. The average Bonchev–Trinajstić information content (AvgIpc) is 2.49. The summed E-state index contributed by atoms with van der Waals surface area (Å²) < 4.78 is 17.1. The summed E-state index contributed by atoms with van der Waals surface area (Å²) in [4.78, 5) is 23.8. The Kier molecular flexibility index (Phi) is 4.47. The molecule has 0 saturated heterocycles. The number of hydrogen-bond donors (Lipinski definition) is 0. The van der Waals surface area contributed by atoms with Crippen molar-refractivity contribution in [1.82, 2.24) is 4.57 Å². The average molecular weight is 291 g/mol. The number of methoxy groups -OCH3 is 2. The first-order valence-corrected chi connectivity index (χ1v) is 6.52. The maximum Gasteiger partial charge on any atom is 0.325 e. The molecule has 0 atom stereocenters. The number of carbonyl (C=O) groups is 1. The highest BCUT2D eigenvalue weighted by molar-refractivity contribution is 5.91. The molecule has 1 aromatic heterocycles. The van der Waals surface area contributed by atoms with Crippen molar-refractivity contribution in [1.29, 1.82) is 0 Å². The predicted molar refractivity (Wildman–Crippen MR) is 77.9 cm³/mol. The van der Waals surface area contributed by atoms with Gasteiger partial charge in [-0.2, -0.15) is 0 Å². The highest BCUT2D eigenvalue weighted by Crippen LogP contribution is 2.30. The van der Waals surface area contributed by atoms with Crippen molar-refractivity contribution in [3.63, 3.8) is 0 Å². The van der Waals surface area contributed by atoms with E-state index in [1.807, 2.05) is 0 Å². The zero-order valence-corrected chi connectivity index (χ0v) is 12.2. The zero-order chi connectivity index (χ0) is 15.4. The summed E-state index contributed by atoms with van der Waals surface area (Å²) in [5, 5.41) is 0.378. The van der Waals surface area contributed by atoms with E-state index in [1.54, 1.807) is 29.8 Å². The molecule has 2 rings (SSSR count). The summed E-state index contributed by atoms with van der Waals surface area (Å²) in [6.45, 7) is 2.04. The molecule has 0 spiro atoms. The quantitative estimate of drug-likeness (QED) is 0.782. The molecule has 0 unspecified atom stereocenters. The van der Waals surface area contributed by atoms with Crippen molar-refractivity contribution >= 4 is 16.9 Å². The van der Waals surface area contributed by atoms with Crippen LogP contribution in [0.15, 0.2) is 29.2 Å². The van der Waals surface area contributed by atoms with E-state index >= 15 is 0 Å². The van der Waals surface area contributed by atoms with Gasteiger partial charge in [0.25, 0.3) is 0 Å². The molecule has 0 bridgehead atoms. The first kappa shape index (κ1) is 14.9. The van der Waals surface area contributed by atoms with Crippen LogP contribution in [-0.4, -0.2) is 31.4 Å². The predicted octanol–water partition coefficient (Wildman–Crippen LogP) is 1.58. The standard InChI is InChI=1S/C15H17NO5/c1-4-21-13(18)9-16-8-7-10(17)14-11(19-2)5-6-12(20-3)15(14)16/h5-8H,4,9H2,1-3H3. The van der Waals surface area contributed by atoms with Gasteiger partial charge in [0.05, 0.1) is 31.7 Å². The smallest absolute Gasteiger partial charge is 0.325 e. The molecule has 0 aliphatic heterocycles. The van der Waals surface area contributed by atoms with E-state index < -0.39 is 0 Å². The van der Waals surface area contributed by atoms with Gasteiger partial charge in [0, 0.05) is 12.3 Å². The topological polar surface area (TPSA) is 66.8 Å². The molecule has 0 fully saturated rings. The van der Waals surface area contributed by atoms with Crippen LogP contribution in [0.3, 0.4) is 0 Å². The number of carbonyl (C=O) groups excluding carboxylic acids is 1. The number of nitrogens with zero attached hydrogens (tertiary/aromatic N) is 1. The minimum absolute atomic E-state index is 0.00581. The van der Waals surface area contributed by atoms with Crippen LogP contribution in [0, 0.1) is 0 Å². The van der Waals surface area contributed by atoms with Gasteiger partial charge < -0.3 is 18.8 Å². The lowest BCUT2D eigenvalue weighted by Crippen LogP contribution is -2.17. The van der Waals surface area contributed by atoms with E-state index in [1.165, 1.54) is 20.3 Å². The highest BCUT2D eigenvalue weighted by Gasteiger charge is 2.15. The molecule has 1 aromatic carbocycles. The first-order valence-electron chi connectivity index (χ1n) is 6.52. The van der Waals surface area contributed by atoms with Crippen LogP contribution in [-0.2, 0) is 16.1 Å². The van der Waals surface area contributed by atoms with E-state index in [-0.39, 0.29) is 17.9 Å². The van der Waals surface area contributed by atoms with Crippen molar-refractivity contribution in [3.05, 3.63) is 34.6 Å². The minimum Gasteiger partial charge on any atom is -0.496 e. The maximum atomic E-state index is 12.1. The van der Waals surface area contributed by atoms with Crippen LogP contribution in [0.25, 0.3) is 10.9 Å². The Hall–Kier alpha value is -2.50. The van der Waals surface area contributed by atoms with Gasteiger partial charge in [-0.1, -0.05) is 0 Å². The number of ether oxygens (including phenoxy) is 3. The number of fused-ring (bicyclic) bond motifs is 1. The lowest BCUT2D eigenvalue weighted by Gasteiger charge is -2.15. The van der Waals surface area contributed by atoms with Gasteiger partial charge in [0.1, 0.15) is 18.0 Å². The Balaban J connectivity index is 2.69.